The van der Waals surface area contributed by atoms with E-state index in [-0.39, 0.29) is 10.8 Å². The van der Waals surface area contributed by atoms with Gasteiger partial charge >= 0.3 is 0 Å². The topological polar surface area (TPSA) is 29.3 Å². The van der Waals surface area contributed by atoms with Crippen molar-refractivity contribution >= 4 is 33.5 Å². The first-order chi connectivity index (χ1) is 20.3. The number of rotatable bonds is 3. The molecule has 42 heavy (non-hydrogen) atoms. The molecule has 0 fully saturated rings. The van der Waals surface area contributed by atoms with E-state index in [9.17, 15) is 0 Å². The van der Waals surface area contributed by atoms with Crippen LogP contribution in [0, 0.1) is 0 Å². The summed E-state index contributed by atoms with van der Waals surface area (Å²) in [4.78, 5) is 2.43. The number of nitrogens with zero attached hydrogens (tertiary/aromatic N) is 1. The molecule has 0 saturated heterocycles. The fourth-order valence-electron chi connectivity index (χ4n) is 7.60. The van der Waals surface area contributed by atoms with Gasteiger partial charge in [-0.15, -0.1) is 0 Å². The summed E-state index contributed by atoms with van der Waals surface area (Å²) in [6.45, 7) is 9.39. The largest absolute Gasteiger partial charge is 0.398 e. The van der Waals surface area contributed by atoms with Crippen LogP contribution in [0.25, 0.3) is 33.0 Å². The summed E-state index contributed by atoms with van der Waals surface area (Å²) in [5.41, 5.74) is 21.4. The number of anilines is 4. The van der Waals surface area contributed by atoms with Crippen LogP contribution < -0.4 is 10.6 Å². The van der Waals surface area contributed by atoms with Crippen LogP contribution in [-0.4, -0.2) is 0 Å². The minimum Gasteiger partial charge on any atom is -0.398 e. The van der Waals surface area contributed by atoms with Crippen LogP contribution in [0.1, 0.15) is 49.9 Å². The molecule has 0 atom stereocenters. The summed E-state index contributed by atoms with van der Waals surface area (Å²) >= 11 is 0. The second-order valence-electron chi connectivity index (χ2n) is 12.9. The van der Waals surface area contributed by atoms with Crippen LogP contribution in [0.2, 0.25) is 0 Å². The lowest BCUT2D eigenvalue weighted by Gasteiger charge is -2.30. The molecule has 0 aliphatic heterocycles. The molecule has 0 aromatic heterocycles. The zero-order valence-corrected chi connectivity index (χ0v) is 24.6. The molecule has 6 aromatic rings. The van der Waals surface area contributed by atoms with Crippen molar-refractivity contribution in [2.75, 3.05) is 10.6 Å². The quantitative estimate of drug-likeness (QED) is 0.225. The standard InChI is InChI=1S/C40H34N2/c1-39(2)33-15-7-5-11-27(33)29-21-19-25(23-35(29)39)42(38-18-10-13-31-32(38)14-9-17-37(31)41)26-20-22-30-28-12-6-8-16-34(28)40(3,4)36(30)24-26/h5-24H,41H2,1-4H3. The fraction of sp³-hybridized carbons (Fsp3) is 0.150. The third-order valence-electron chi connectivity index (χ3n) is 9.82. The summed E-state index contributed by atoms with van der Waals surface area (Å²) in [6, 6.07) is 44.4. The van der Waals surface area contributed by atoms with Crippen molar-refractivity contribution in [3.8, 4) is 22.3 Å². The molecule has 8 rings (SSSR count). The second-order valence-corrected chi connectivity index (χ2v) is 12.9. The maximum Gasteiger partial charge on any atom is 0.0540 e. The van der Waals surface area contributed by atoms with Crippen molar-refractivity contribution < 1.29 is 0 Å². The zero-order chi connectivity index (χ0) is 28.8. The molecule has 0 bridgehead atoms. The van der Waals surface area contributed by atoms with E-state index in [2.05, 4.69) is 148 Å². The summed E-state index contributed by atoms with van der Waals surface area (Å²) < 4.78 is 0. The molecule has 2 heteroatoms. The van der Waals surface area contributed by atoms with Gasteiger partial charge in [0.15, 0.2) is 0 Å². The van der Waals surface area contributed by atoms with E-state index in [0.717, 1.165) is 33.5 Å². The first-order valence-corrected chi connectivity index (χ1v) is 14.8. The number of benzene rings is 6. The molecule has 6 aromatic carbocycles. The van der Waals surface area contributed by atoms with Gasteiger partial charge in [0.05, 0.1) is 5.69 Å². The minimum atomic E-state index is -0.0850. The van der Waals surface area contributed by atoms with E-state index >= 15 is 0 Å². The van der Waals surface area contributed by atoms with Gasteiger partial charge in [0.25, 0.3) is 0 Å². The third-order valence-corrected chi connectivity index (χ3v) is 9.82. The molecule has 0 saturated carbocycles. The van der Waals surface area contributed by atoms with Gasteiger partial charge in [0.2, 0.25) is 0 Å². The molecule has 0 amide bonds. The Hall–Kier alpha value is -4.82. The average molecular weight is 543 g/mol. The van der Waals surface area contributed by atoms with Crippen molar-refractivity contribution in [2.24, 2.45) is 0 Å². The third kappa shape index (κ3) is 3.32. The molecule has 204 valence electrons. The van der Waals surface area contributed by atoms with E-state index in [0.29, 0.717) is 0 Å². The van der Waals surface area contributed by atoms with Crippen LogP contribution in [-0.2, 0) is 10.8 Å². The number of nitrogen functional groups attached to an aromatic ring is 1. The molecule has 0 heterocycles. The maximum atomic E-state index is 6.50. The summed E-state index contributed by atoms with van der Waals surface area (Å²) in [5, 5.41) is 2.21. The monoisotopic (exact) mass is 542 g/mol. The lowest BCUT2D eigenvalue weighted by molar-refractivity contribution is 0.660. The summed E-state index contributed by atoms with van der Waals surface area (Å²) in [7, 11) is 0. The Morgan fingerprint density at radius 3 is 1.50 bits per heavy atom. The molecule has 2 aliphatic carbocycles. The Bertz CT molecular complexity index is 1960. The van der Waals surface area contributed by atoms with Gasteiger partial charge in [-0.2, -0.15) is 0 Å². The van der Waals surface area contributed by atoms with Crippen LogP contribution >= 0.6 is 0 Å². The first kappa shape index (κ1) is 24.9. The Morgan fingerprint density at radius 2 is 0.929 bits per heavy atom. The SMILES string of the molecule is CC1(C)c2ccccc2-c2ccc(N(c3ccc4c(c3)C(C)(C)c3ccccc3-4)c3cccc4c(N)cccc34)cc21. The van der Waals surface area contributed by atoms with Gasteiger partial charge in [-0.3, -0.25) is 0 Å². The Labute approximate surface area is 248 Å². The predicted molar refractivity (Wildman–Crippen MR) is 178 cm³/mol. The summed E-state index contributed by atoms with van der Waals surface area (Å²) in [5.74, 6) is 0. The first-order valence-electron chi connectivity index (χ1n) is 14.8. The highest BCUT2D eigenvalue weighted by molar-refractivity contribution is 6.04. The van der Waals surface area contributed by atoms with Gasteiger partial charge < -0.3 is 10.6 Å². The van der Waals surface area contributed by atoms with Crippen molar-refractivity contribution in [1.82, 2.24) is 0 Å². The van der Waals surface area contributed by atoms with E-state index < -0.39 is 0 Å². The van der Waals surface area contributed by atoms with E-state index in [4.69, 9.17) is 5.73 Å². The van der Waals surface area contributed by atoms with E-state index in [1.54, 1.807) is 0 Å². The number of fused-ring (bicyclic) bond motifs is 7. The van der Waals surface area contributed by atoms with Crippen molar-refractivity contribution in [3.05, 3.63) is 144 Å². The molecular formula is C40H34N2. The molecule has 2 N–H and O–H groups in total. The van der Waals surface area contributed by atoms with E-state index in [1.165, 1.54) is 44.5 Å². The lowest BCUT2D eigenvalue weighted by Crippen LogP contribution is -2.18. The Morgan fingerprint density at radius 1 is 0.452 bits per heavy atom. The Balaban J connectivity index is 1.38. The van der Waals surface area contributed by atoms with Crippen molar-refractivity contribution in [3.63, 3.8) is 0 Å². The summed E-state index contributed by atoms with van der Waals surface area (Å²) in [6.07, 6.45) is 0. The van der Waals surface area contributed by atoms with Crippen LogP contribution in [0.5, 0.6) is 0 Å². The van der Waals surface area contributed by atoms with Gasteiger partial charge in [0, 0.05) is 38.7 Å². The predicted octanol–water partition coefficient (Wildman–Crippen LogP) is 10.5. The molecular weight excluding hydrogens is 508 g/mol. The zero-order valence-electron chi connectivity index (χ0n) is 24.6. The highest BCUT2D eigenvalue weighted by atomic mass is 15.1. The van der Waals surface area contributed by atoms with Gasteiger partial charge in [-0.1, -0.05) is 113 Å². The van der Waals surface area contributed by atoms with Gasteiger partial charge in [0.1, 0.15) is 0 Å². The normalized spacial score (nSPS) is 15.1. The molecule has 0 spiro atoms. The molecule has 0 radical (unpaired) electrons. The number of hydrogen-bond donors (Lipinski definition) is 1. The van der Waals surface area contributed by atoms with Gasteiger partial charge in [-0.25, -0.2) is 0 Å². The number of hydrogen-bond acceptors (Lipinski definition) is 2. The van der Waals surface area contributed by atoms with Crippen LogP contribution in [0.15, 0.2) is 121 Å². The van der Waals surface area contributed by atoms with Crippen molar-refractivity contribution in [2.45, 2.75) is 38.5 Å². The Kier molecular flexibility index (Phi) is 5.10. The smallest absolute Gasteiger partial charge is 0.0540 e. The second kappa shape index (κ2) is 8.59. The molecule has 2 nitrogen and oxygen atoms in total. The van der Waals surface area contributed by atoms with Crippen molar-refractivity contribution in [1.29, 1.82) is 0 Å². The fourth-order valence-corrected chi connectivity index (χ4v) is 7.60. The maximum absolute atomic E-state index is 6.50. The minimum absolute atomic E-state index is 0.0850. The van der Waals surface area contributed by atoms with Gasteiger partial charge in [-0.05, 0) is 80.9 Å². The molecule has 2 aliphatic rings. The highest BCUT2D eigenvalue weighted by Gasteiger charge is 2.37. The lowest BCUT2D eigenvalue weighted by atomic mass is 9.82. The molecule has 0 unspecified atom stereocenters. The number of nitrogens with two attached hydrogens (primary N) is 1. The van der Waals surface area contributed by atoms with Crippen LogP contribution in [0.4, 0.5) is 22.7 Å². The van der Waals surface area contributed by atoms with E-state index in [1.807, 2.05) is 6.07 Å². The van der Waals surface area contributed by atoms with Crippen LogP contribution in [0.3, 0.4) is 0 Å². The average Bonchev–Trinajstić information content (AvgIpc) is 3.37. The highest BCUT2D eigenvalue weighted by Crippen LogP contribution is 2.53.